The van der Waals surface area contributed by atoms with Crippen molar-refractivity contribution >= 4 is 44.3 Å². The van der Waals surface area contributed by atoms with Gasteiger partial charge < -0.3 is 5.32 Å². The molecule has 0 radical (unpaired) electrons. The fraction of sp³-hybridized carbons (Fsp3) is 0.130. The maximum absolute atomic E-state index is 13.1. The molecule has 0 bridgehead atoms. The molecule has 6 nitrogen and oxygen atoms in total. The molecule has 0 fully saturated rings. The third kappa shape index (κ3) is 4.62. The summed E-state index contributed by atoms with van der Waals surface area (Å²) in [6.45, 7) is 4.18. The Morgan fingerprint density at radius 2 is 1.48 bits per heavy atom. The van der Waals surface area contributed by atoms with Crippen LogP contribution >= 0.6 is 11.6 Å². The van der Waals surface area contributed by atoms with E-state index in [2.05, 4.69) is 20.0 Å². The van der Waals surface area contributed by atoms with E-state index in [1.54, 1.807) is 30.3 Å². The van der Waals surface area contributed by atoms with E-state index >= 15 is 0 Å². The summed E-state index contributed by atoms with van der Waals surface area (Å²) < 4.78 is 28.7. The third-order valence-corrected chi connectivity index (χ3v) is 6.70. The molecule has 0 unspecified atom stereocenters. The highest BCUT2D eigenvalue weighted by molar-refractivity contribution is 7.92. The van der Waals surface area contributed by atoms with Crippen molar-refractivity contribution in [1.29, 1.82) is 0 Å². The van der Waals surface area contributed by atoms with Crippen molar-refractivity contribution in [1.82, 2.24) is 9.97 Å². The molecular weight excluding hydrogens is 432 g/mol. The number of fused-ring (bicyclic) bond motifs is 1. The lowest BCUT2D eigenvalue weighted by atomic mass is 10.1. The van der Waals surface area contributed by atoms with Gasteiger partial charge in [0, 0.05) is 11.6 Å². The maximum Gasteiger partial charge on any atom is 0.263 e. The molecule has 2 N–H and O–H groups in total. The van der Waals surface area contributed by atoms with Gasteiger partial charge in [-0.15, -0.1) is 0 Å². The third-order valence-electron chi connectivity index (χ3n) is 4.99. The molecule has 4 rings (SSSR count). The molecule has 0 aliphatic rings. The van der Waals surface area contributed by atoms with E-state index in [-0.39, 0.29) is 10.7 Å². The summed E-state index contributed by atoms with van der Waals surface area (Å²) in [5, 5.41) is 3.78. The van der Waals surface area contributed by atoms with E-state index in [9.17, 15) is 8.42 Å². The van der Waals surface area contributed by atoms with Gasteiger partial charge in [-0.05, 0) is 60.9 Å². The quantitative estimate of drug-likeness (QED) is 0.414. The predicted octanol–water partition coefficient (Wildman–Crippen LogP) is 5.31. The van der Waals surface area contributed by atoms with Crippen LogP contribution in [0.1, 0.15) is 16.7 Å². The monoisotopic (exact) mass is 452 g/mol. The predicted molar refractivity (Wildman–Crippen MR) is 125 cm³/mol. The number of para-hydroxylation sites is 2. The standard InChI is InChI=1S/C23H21ClN4O2S/c1-15-11-12-18(13-16(15)2)31(29,30)28-23-22(25-14-17-7-3-4-8-19(17)24)26-20-9-5-6-10-21(20)27-23/h3-13H,14H2,1-2H3,(H,25,26)(H,27,28). The largest absolute Gasteiger partial charge is 0.363 e. The van der Waals surface area contributed by atoms with Crippen LogP contribution in [0.2, 0.25) is 5.02 Å². The van der Waals surface area contributed by atoms with Crippen molar-refractivity contribution in [3.8, 4) is 0 Å². The molecule has 0 saturated heterocycles. The fourth-order valence-corrected chi connectivity index (χ4v) is 4.38. The molecule has 1 heterocycles. The Balaban J connectivity index is 1.72. The average Bonchev–Trinajstić information content (AvgIpc) is 2.75. The SMILES string of the molecule is Cc1ccc(S(=O)(=O)Nc2nc3ccccc3nc2NCc2ccccc2Cl)cc1C. The average molecular weight is 453 g/mol. The Hall–Kier alpha value is -3.16. The summed E-state index contributed by atoms with van der Waals surface area (Å²) in [5.41, 5.74) is 4.01. The number of hydrogen-bond donors (Lipinski definition) is 2. The van der Waals surface area contributed by atoms with Gasteiger partial charge in [0.15, 0.2) is 11.6 Å². The van der Waals surface area contributed by atoms with Gasteiger partial charge in [0.25, 0.3) is 10.0 Å². The van der Waals surface area contributed by atoms with Crippen LogP contribution in [0.4, 0.5) is 11.6 Å². The second-order valence-corrected chi connectivity index (χ2v) is 9.30. The summed E-state index contributed by atoms with van der Waals surface area (Å²) >= 11 is 6.25. The number of anilines is 2. The smallest absolute Gasteiger partial charge is 0.263 e. The van der Waals surface area contributed by atoms with E-state index in [0.717, 1.165) is 16.7 Å². The molecule has 1 aromatic heterocycles. The van der Waals surface area contributed by atoms with Crippen molar-refractivity contribution < 1.29 is 8.42 Å². The van der Waals surface area contributed by atoms with Gasteiger partial charge in [-0.1, -0.05) is 48.0 Å². The summed E-state index contributed by atoms with van der Waals surface area (Å²) in [4.78, 5) is 9.27. The first-order valence-electron chi connectivity index (χ1n) is 9.67. The van der Waals surface area contributed by atoms with E-state index < -0.39 is 10.0 Å². The highest BCUT2D eigenvalue weighted by atomic mass is 35.5. The number of benzene rings is 3. The minimum Gasteiger partial charge on any atom is -0.363 e. The molecule has 0 aliphatic carbocycles. The van der Waals surface area contributed by atoms with Crippen LogP contribution in [0, 0.1) is 13.8 Å². The maximum atomic E-state index is 13.1. The molecule has 0 spiro atoms. The Morgan fingerprint density at radius 1 is 0.839 bits per heavy atom. The lowest BCUT2D eigenvalue weighted by molar-refractivity contribution is 0.601. The van der Waals surface area contributed by atoms with Gasteiger partial charge in [0.05, 0.1) is 15.9 Å². The molecule has 31 heavy (non-hydrogen) atoms. The molecule has 0 atom stereocenters. The minimum absolute atomic E-state index is 0.129. The summed E-state index contributed by atoms with van der Waals surface area (Å²) in [6.07, 6.45) is 0. The Morgan fingerprint density at radius 3 is 2.16 bits per heavy atom. The number of rotatable bonds is 6. The van der Waals surface area contributed by atoms with Crippen molar-refractivity contribution in [2.45, 2.75) is 25.3 Å². The molecule has 0 aliphatic heterocycles. The van der Waals surface area contributed by atoms with Crippen molar-refractivity contribution in [2.24, 2.45) is 0 Å². The van der Waals surface area contributed by atoms with Gasteiger partial charge in [0.1, 0.15) is 0 Å². The molecule has 0 saturated carbocycles. The zero-order chi connectivity index (χ0) is 22.0. The number of nitrogens with one attached hydrogen (secondary N) is 2. The number of nitrogens with zero attached hydrogens (tertiary/aromatic N) is 2. The van der Waals surface area contributed by atoms with Crippen molar-refractivity contribution in [2.75, 3.05) is 10.0 Å². The second kappa shape index (κ2) is 8.53. The van der Waals surface area contributed by atoms with E-state index in [1.807, 2.05) is 50.2 Å². The van der Waals surface area contributed by atoms with Gasteiger partial charge in [-0.3, -0.25) is 4.72 Å². The number of sulfonamides is 1. The van der Waals surface area contributed by atoms with Crippen LogP contribution in [0.3, 0.4) is 0 Å². The van der Waals surface area contributed by atoms with Crippen LogP contribution in [0.5, 0.6) is 0 Å². The van der Waals surface area contributed by atoms with Crippen LogP contribution < -0.4 is 10.0 Å². The molecule has 4 aromatic rings. The highest BCUT2D eigenvalue weighted by Crippen LogP contribution is 2.26. The summed E-state index contributed by atoms with van der Waals surface area (Å²) in [5.74, 6) is 0.454. The van der Waals surface area contributed by atoms with E-state index in [4.69, 9.17) is 11.6 Å². The molecule has 8 heteroatoms. The molecule has 158 valence electrons. The fourth-order valence-electron chi connectivity index (χ4n) is 3.08. The molecule has 0 amide bonds. The molecular formula is C23H21ClN4O2S. The molecule has 3 aromatic carbocycles. The number of halogens is 1. The Kier molecular flexibility index (Phi) is 5.80. The highest BCUT2D eigenvalue weighted by Gasteiger charge is 2.19. The first-order valence-corrected chi connectivity index (χ1v) is 11.5. The zero-order valence-electron chi connectivity index (χ0n) is 17.1. The van der Waals surface area contributed by atoms with E-state index in [1.165, 1.54) is 0 Å². The Labute approximate surface area is 186 Å². The first kappa shape index (κ1) is 21.1. The number of hydrogen-bond acceptors (Lipinski definition) is 5. The van der Waals surface area contributed by atoms with Crippen molar-refractivity contribution in [3.05, 3.63) is 88.4 Å². The normalized spacial score (nSPS) is 11.5. The number of aromatic nitrogens is 2. The van der Waals surface area contributed by atoms with Crippen LogP contribution in [-0.4, -0.2) is 18.4 Å². The summed E-state index contributed by atoms with van der Waals surface area (Å²) in [7, 11) is -3.85. The summed E-state index contributed by atoms with van der Waals surface area (Å²) in [6, 6.07) is 19.7. The van der Waals surface area contributed by atoms with Crippen LogP contribution in [0.25, 0.3) is 11.0 Å². The van der Waals surface area contributed by atoms with Gasteiger partial charge in [-0.25, -0.2) is 18.4 Å². The zero-order valence-corrected chi connectivity index (χ0v) is 18.6. The Bertz CT molecular complexity index is 1370. The number of aryl methyl sites for hydroxylation is 2. The van der Waals surface area contributed by atoms with Gasteiger partial charge >= 0.3 is 0 Å². The van der Waals surface area contributed by atoms with Crippen LogP contribution in [0.15, 0.2) is 71.6 Å². The van der Waals surface area contributed by atoms with Gasteiger partial charge in [0.2, 0.25) is 0 Å². The van der Waals surface area contributed by atoms with Crippen molar-refractivity contribution in [3.63, 3.8) is 0 Å². The lowest BCUT2D eigenvalue weighted by Gasteiger charge is -2.15. The first-order chi connectivity index (χ1) is 14.8. The minimum atomic E-state index is -3.85. The van der Waals surface area contributed by atoms with Gasteiger partial charge in [-0.2, -0.15) is 0 Å². The topological polar surface area (TPSA) is 84.0 Å². The van der Waals surface area contributed by atoms with E-state index in [0.29, 0.717) is 28.4 Å². The van der Waals surface area contributed by atoms with Crippen LogP contribution in [-0.2, 0) is 16.6 Å². The second-order valence-electron chi connectivity index (χ2n) is 7.21. The lowest BCUT2D eigenvalue weighted by Crippen LogP contribution is -2.17.